The molecule has 0 rings (SSSR count). The van der Waals surface area contributed by atoms with E-state index in [0.29, 0.717) is 0 Å². The molecule has 0 aliphatic heterocycles. The largest absolute Gasteiger partial charge is 4.00 e. The molecule has 0 amide bonds. The molecular formula is C10H14CeN6O35. The van der Waals surface area contributed by atoms with Gasteiger partial charge in [0, 0.05) is 0 Å². The van der Waals surface area contributed by atoms with E-state index in [1.807, 2.05) is 0 Å². The molecule has 14 N–H and O–H groups in total. The summed E-state index contributed by atoms with van der Waals surface area (Å²) in [7, 11) is 0. The Morgan fingerprint density at radius 3 is 0.269 bits per heavy atom. The van der Waals surface area contributed by atoms with Crippen molar-refractivity contribution in [3.8, 4) is 0 Å². The molecule has 0 bridgehead atoms. The van der Waals surface area contributed by atoms with Crippen LogP contribution >= 0.6 is 0 Å². The van der Waals surface area contributed by atoms with Gasteiger partial charge in [-0.05, 0) is 0 Å². The second-order valence-electron chi connectivity index (χ2n) is 4.17. The van der Waals surface area contributed by atoms with Gasteiger partial charge in [0.2, 0.25) is 0 Å². The quantitative estimate of drug-likeness (QED) is 0.0615. The maximum absolute atomic E-state index is 9.10. The summed E-state index contributed by atoms with van der Waals surface area (Å²) in [5, 5.41) is 148. The summed E-state index contributed by atoms with van der Waals surface area (Å²) in [6.07, 6.45) is 0. The maximum Gasteiger partial charge on any atom is 4.00 e. The van der Waals surface area contributed by atoms with Gasteiger partial charge in [0.05, 0.1) is 25.4 Å². The first-order valence-corrected chi connectivity index (χ1v) is 8.27. The van der Waals surface area contributed by atoms with Crippen LogP contribution in [0.15, 0.2) is 0 Å². The minimum Gasteiger partial charge on any atom is -0.473 e. The minimum absolute atomic E-state index is 0. The summed E-state index contributed by atoms with van der Waals surface area (Å²) < 4.78 is 0. The van der Waals surface area contributed by atoms with Gasteiger partial charge in [-0.2, -0.15) is 0 Å². The fourth-order valence-electron chi connectivity index (χ4n) is 0. The van der Waals surface area contributed by atoms with Gasteiger partial charge >= 0.3 is 101 Å². The first-order chi connectivity index (χ1) is 21.9. The summed E-state index contributed by atoms with van der Waals surface area (Å²) in [6.45, 7) is 0. The molecule has 0 aromatic carbocycles. The average Bonchev–Trinajstić information content (AvgIpc) is 2.83. The Kier molecular flexibility index (Phi) is 84.7. The van der Waals surface area contributed by atoms with Crippen LogP contribution in [0.5, 0.6) is 0 Å². The van der Waals surface area contributed by atoms with E-state index in [1.165, 1.54) is 0 Å². The van der Waals surface area contributed by atoms with Crippen LogP contribution in [0.3, 0.4) is 0 Å². The second-order valence-corrected chi connectivity index (χ2v) is 4.17. The molecule has 0 aliphatic rings. The van der Waals surface area contributed by atoms with Crippen molar-refractivity contribution in [1.29, 1.82) is 0 Å². The number of carboxylic acid groups (broad SMARTS) is 10. The van der Waals surface area contributed by atoms with E-state index in [9.17, 15) is 0 Å². The minimum atomic E-state index is -1.82. The van der Waals surface area contributed by atoms with Gasteiger partial charge in [0.1, 0.15) is 0 Å². The van der Waals surface area contributed by atoms with E-state index in [0.717, 1.165) is 0 Å². The summed E-state index contributed by atoms with van der Waals surface area (Å²) in [5.41, 5.74) is 0. The standard InChI is InChI=1S/5C2H2O4.Ce.5NO3.H3N/c5*3-1(4)2(5)6;;5*2-1(3)4;/h5*(H,3,4)(H,5,6);;;;;;;1H3/q;;;;;+4;5*-1;/p+1. The zero-order valence-electron chi connectivity index (χ0n) is 23.4. The van der Waals surface area contributed by atoms with Gasteiger partial charge in [0.15, 0.2) is 0 Å². The number of hydrogen-bond donors (Lipinski definition) is 11. The Morgan fingerprint density at radius 1 is 0.250 bits per heavy atom. The van der Waals surface area contributed by atoms with Crippen molar-refractivity contribution >= 4 is 59.7 Å². The van der Waals surface area contributed by atoms with Gasteiger partial charge in [-0.15, -0.1) is 0 Å². The molecule has 0 aromatic rings. The predicted octanol–water partition coefficient (Wildman–Crippen LogP) is -5.04. The Morgan fingerprint density at radius 2 is 0.269 bits per heavy atom. The molecule has 0 atom stereocenters. The molecule has 0 aliphatic carbocycles. The zero-order chi connectivity index (χ0) is 43.7. The second kappa shape index (κ2) is 55.4. The van der Waals surface area contributed by atoms with E-state index in [1.54, 1.807) is 0 Å². The van der Waals surface area contributed by atoms with Gasteiger partial charge in [-0.1, -0.05) is 0 Å². The van der Waals surface area contributed by atoms with E-state index >= 15 is 0 Å². The Labute approximate surface area is 308 Å². The maximum atomic E-state index is 9.10. The van der Waals surface area contributed by atoms with Crippen LogP contribution in [0.2, 0.25) is 0 Å². The molecule has 41 nitrogen and oxygen atoms in total. The van der Waals surface area contributed by atoms with Crippen LogP contribution in [0, 0.1) is 118 Å². The normalized spacial score (nSPS) is 6.54. The number of rotatable bonds is 0. The zero-order valence-corrected chi connectivity index (χ0v) is 26.6. The summed E-state index contributed by atoms with van der Waals surface area (Å²) in [4.78, 5) is 132. The number of carboxylic acids is 10. The molecule has 42 heteroatoms. The number of carbonyl (C=O) groups is 10. The van der Waals surface area contributed by atoms with E-state index in [4.69, 9.17) is 176 Å². The van der Waals surface area contributed by atoms with Gasteiger partial charge in [-0.3, -0.25) is 0 Å². The molecule has 52 heavy (non-hydrogen) atoms. The molecule has 0 spiro atoms. The van der Waals surface area contributed by atoms with Crippen LogP contribution in [-0.4, -0.2) is 136 Å². The molecule has 0 fully saturated rings. The van der Waals surface area contributed by atoms with Crippen LogP contribution in [0.25, 0.3) is 0 Å². The molecule has 0 saturated heterocycles. The Bertz CT molecular complexity index is 888. The van der Waals surface area contributed by atoms with Gasteiger partial charge < -0.3 is 134 Å². The Balaban J connectivity index is -0.0000000342. The van der Waals surface area contributed by atoms with E-state index in [2.05, 4.69) is 0 Å². The van der Waals surface area contributed by atoms with Gasteiger partial charge in [0.25, 0.3) is 0 Å². The SMILES string of the molecule is O=C(O)C(=O)O.O=C(O)C(=O)O.O=C(O)C(=O)O.O=C(O)C(=O)O.O=C(O)C(=O)O.O=[N+]([O-])[O-].O=[N+]([O-])[O-].O=[N+]([O-])[O-].O=[N+]([O-])[O-].O=[N+]([O-])[O-].[Ce+4].[NH4+]. The predicted molar refractivity (Wildman–Crippen MR) is 134 cm³/mol. The Hall–Kier alpha value is -7.96. The first-order valence-electron chi connectivity index (χ1n) is 8.27. The molecule has 0 radical (unpaired) electrons. The third kappa shape index (κ3) is 489. The summed E-state index contributed by atoms with van der Waals surface area (Å²) in [6, 6.07) is 0. The van der Waals surface area contributed by atoms with Crippen LogP contribution in [-0.2, 0) is 47.9 Å². The fourth-order valence-corrected chi connectivity index (χ4v) is 0. The van der Waals surface area contributed by atoms with Crippen molar-refractivity contribution in [2.75, 3.05) is 0 Å². The summed E-state index contributed by atoms with van der Waals surface area (Å²) in [5.74, 6) is -18.2. The van der Waals surface area contributed by atoms with Crippen molar-refractivity contribution in [3.05, 3.63) is 76.6 Å². The smallest absolute Gasteiger partial charge is 0.473 e. The number of nitrogens with zero attached hydrogens (tertiary/aromatic N) is 5. The third-order valence-electron chi connectivity index (χ3n) is 0.915. The molecule has 0 unspecified atom stereocenters. The van der Waals surface area contributed by atoms with Gasteiger partial charge in [-0.25, -0.2) is 47.9 Å². The van der Waals surface area contributed by atoms with Crippen LogP contribution in [0.1, 0.15) is 0 Å². The molecule has 0 aromatic heterocycles. The number of quaternary nitrogens is 1. The number of aliphatic carboxylic acids is 10. The third-order valence-corrected chi connectivity index (χ3v) is 0.915. The van der Waals surface area contributed by atoms with Crippen molar-refractivity contribution in [1.82, 2.24) is 6.15 Å². The monoisotopic (exact) mass is 918 g/mol. The van der Waals surface area contributed by atoms with Crippen LogP contribution < -0.4 is 6.15 Å². The topological polar surface area (TPSA) is 740 Å². The summed E-state index contributed by atoms with van der Waals surface area (Å²) >= 11 is 0. The number of hydrogen-bond acceptors (Lipinski definition) is 25. The molecule has 0 heterocycles. The van der Waals surface area contributed by atoms with Crippen molar-refractivity contribution in [2.45, 2.75) is 0 Å². The molecule has 0 saturated carbocycles. The van der Waals surface area contributed by atoms with Crippen molar-refractivity contribution in [2.24, 2.45) is 0 Å². The van der Waals surface area contributed by atoms with E-state index in [-0.39, 0.29) is 47.9 Å². The molecular weight excluding hydrogens is 904 g/mol. The first kappa shape index (κ1) is 79.5. The van der Waals surface area contributed by atoms with Crippen LogP contribution in [0.4, 0.5) is 0 Å². The van der Waals surface area contributed by atoms with Crippen molar-refractivity contribution in [3.63, 3.8) is 0 Å². The fraction of sp³-hybridized carbons (Fsp3) is 0. The molecule has 298 valence electrons. The van der Waals surface area contributed by atoms with Crippen molar-refractivity contribution < 1.29 is 166 Å². The van der Waals surface area contributed by atoms with E-state index < -0.39 is 85.1 Å². The average molecular weight is 918 g/mol.